The Hall–Kier alpha value is -3.64. The molecule has 0 amide bonds. The lowest BCUT2D eigenvalue weighted by Crippen LogP contribution is -2.04. The van der Waals surface area contributed by atoms with E-state index < -0.39 is 9.84 Å². The lowest BCUT2D eigenvalue weighted by molar-refractivity contribution is 0.174. The van der Waals surface area contributed by atoms with Gasteiger partial charge in [0.05, 0.1) is 9.79 Å². The summed E-state index contributed by atoms with van der Waals surface area (Å²) in [7, 11) is -3.80. The molecule has 0 spiro atoms. The number of rotatable bonds is 4. The Morgan fingerprint density at radius 1 is 0.750 bits per heavy atom. The van der Waals surface area contributed by atoms with Gasteiger partial charge in [0, 0.05) is 5.56 Å². The number of sulfone groups is 1. The summed E-state index contributed by atoms with van der Waals surface area (Å²) in [6.45, 7) is 2.03. The van der Waals surface area contributed by atoms with Gasteiger partial charge in [-0.1, -0.05) is 42.0 Å². The minimum absolute atomic E-state index is 0.122. The van der Waals surface area contributed by atoms with Gasteiger partial charge >= 0.3 is 0 Å². The van der Waals surface area contributed by atoms with Crippen molar-refractivity contribution < 1.29 is 22.3 Å². The fourth-order valence-corrected chi connectivity index (χ4v) is 5.21. The zero-order valence-corrected chi connectivity index (χ0v) is 18.0. The molecule has 4 nitrogen and oxygen atoms in total. The first-order chi connectivity index (χ1) is 15.4. The zero-order valence-electron chi connectivity index (χ0n) is 17.2. The van der Waals surface area contributed by atoms with Crippen molar-refractivity contribution in [2.75, 3.05) is 6.79 Å². The van der Waals surface area contributed by atoms with E-state index >= 15 is 0 Å². The number of benzene rings is 4. The van der Waals surface area contributed by atoms with Crippen LogP contribution in [0.5, 0.6) is 11.5 Å². The van der Waals surface area contributed by atoms with E-state index in [1.54, 1.807) is 72.8 Å². The minimum atomic E-state index is -3.80. The summed E-state index contributed by atoms with van der Waals surface area (Å²) in [6, 6.07) is 23.3. The van der Waals surface area contributed by atoms with E-state index in [1.165, 1.54) is 12.1 Å². The fraction of sp³-hybridized carbons (Fsp3) is 0.0769. The molecule has 0 saturated carbocycles. The molecule has 160 valence electrons. The molecule has 0 atom stereocenters. The summed E-state index contributed by atoms with van der Waals surface area (Å²) in [5.74, 6) is 0.804. The third-order valence-corrected chi connectivity index (χ3v) is 7.27. The quantitative estimate of drug-likeness (QED) is 0.384. The van der Waals surface area contributed by atoms with Crippen molar-refractivity contribution in [3.8, 4) is 33.8 Å². The molecule has 0 radical (unpaired) electrons. The first-order valence-electron chi connectivity index (χ1n) is 10.0. The highest BCUT2D eigenvalue weighted by Crippen LogP contribution is 2.40. The van der Waals surface area contributed by atoms with Gasteiger partial charge in [0.25, 0.3) is 0 Å². The molecule has 4 aromatic carbocycles. The van der Waals surface area contributed by atoms with Crippen LogP contribution in [0.15, 0.2) is 94.7 Å². The van der Waals surface area contributed by atoms with Crippen molar-refractivity contribution in [2.24, 2.45) is 0 Å². The number of hydrogen-bond acceptors (Lipinski definition) is 4. The summed E-state index contributed by atoms with van der Waals surface area (Å²) in [4.78, 5) is 0.379. The normalized spacial score (nSPS) is 12.7. The molecule has 0 bridgehead atoms. The molecule has 6 heteroatoms. The predicted octanol–water partition coefficient (Wildman–Crippen LogP) is 6.03. The van der Waals surface area contributed by atoms with Crippen molar-refractivity contribution >= 4 is 9.84 Å². The lowest BCUT2D eigenvalue weighted by atomic mass is 9.98. The number of ether oxygens (including phenoxy) is 2. The molecular formula is C26H19FO4S. The Bertz CT molecular complexity index is 1430. The predicted molar refractivity (Wildman–Crippen MR) is 120 cm³/mol. The van der Waals surface area contributed by atoms with Crippen LogP contribution >= 0.6 is 0 Å². The maximum absolute atomic E-state index is 13.8. The lowest BCUT2D eigenvalue weighted by Gasteiger charge is -2.14. The molecule has 1 aliphatic rings. The molecule has 1 aliphatic heterocycles. The third-order valence-electron chi connectivity index (χ3n) is 5.44. The Labute approximate surface area is 185 Å². The number of halogens is 1. The monoisotopic (exact) mass is 446 g/mol. The summed E-state index contributed by atoms with van der Waals surface area (Å²) in [6.07, 6.45) is 0. The van der Waals surface area contributed by atoms with E-state index in [1.807, 2.05) is 6.92 Å². The molecule has 0 aromatic heterocycles. The first-order valence-corrected chi connectivity index (χ1v) is 11.5. The zero-order chi connectivity index (χ0) is 22.3. The van der Waals surface area contributed by atoms with Gasteiger partial charge in [-0.15, -0.1) is 0 Å². The molecule has 0 fully saturated rings. The number of fused-ring (bicyclic) bond motifs is 1. The van der Waals surface area contributed by atoms with Crippen molar-refractivity contribution in [3.63, 3.8) is 0 Å². The third kappa shape index (κ3) is 3.63. The average molecular weight is 446 g/mol. The van der Waals surface area contributed by atoms with Crippen molar-refractivity contribution in [1.82, 2.24) is 0 Å². The summed E-state index contributed by atoms with van der Waals surface area (Å²) in [5.41, 5.74) is 3.51. The Morgan fingerprint density at radius 2 is 1.47 bits per heavy atom. The van der Waals surface area contributed by atoms with Crippen LogP contribution in [-0.2, 0) is 9.84 Å². The van der Waals surface area contributed by atoms with E-state index in [2.05, 4.69) is 0 Å². The van der Waals surface area contributed by atoms with Crippen molar-refractivity contribution in [2.45, 2.75) is 16.7 Å². The van der Waals surface area contributed by atoms with Gasteiger partial charge < -0.3 is 9.47 Å². The average Bonchev–Trinajstić information content (AvgIpc) is 3.27. The molecule has 5 rings (SSSR count). The Balaban J connectivity index is 1.72. The van der Waals surface area contributed by atoms with Crippen LogP contribution in [0.3, 0.4) is 0 Å². The van der Waals surface area contributed by atoms with Gasteiger partial charge in [-0.25, -0.2) is 12.8 Å². The second kappa shape index (κ2) is 7.80. The SMILES string of the molecule is Cc1ccc(S(=O)(=O)c2ccc(-c3cccc(F)c3)cc2-c2ccc3c(c2)OCO3)cc1. The molecule has 0 aliphatic carbocycles. The van der Waals surface area contributed by atoms with Gasteiger partial charge in [-0.05, 0) is 72.1 Å². The maximum Gasteiger partial charge on any atom is 0.231 e. The van der Waals surface area contributed by atoms with Gasteiger partial charge in [-0.2, -0.15) is 0 Å². The minimum Gasteiger partial charge on any atom is -0.454 e. The topological polar surface area (TPSA) is 52.6 Å². The largest absolute Gasteiger partial charge is 0.454 e. The molecule has 0 saturated heterocycles. The van der Waals surface area contributed by atoms with E-state index in [4.69, 9.17) is 9.47 Å². The fourth-order valence-electron chi connectivity index (χ4n) is 3.75. The van der Waals surface area contributed by atoms with Gasteiger partial charge in [0.2, 0.25) is 16.6 Å². The smallest absolute Gasteiger partial charge is 0.231 e. The summed E-state index contributed by atoms with van der Waals surface area (Å²) in [5, 5.41) is 0. The van der Waals surface area contributed by atoms with Crippen LogP contribution < -0.4 is 9.47 Å². The van der Waals surface area contributed by atoms with Crippen LogP contribution in [-0.4, -0.2) is 15.2 Å². The second-order valence-corrected chi connectivity index (χ2v) is 9.52. The van der Waals surface area contributed by atoms with Crippen LogP contribution in [0.25, 0.3) is 22.3 Å². The highest BCUT2D eigenvalue weighted by Gasteiger charge is 2.24. The van der Waals surface area contributed by atoms with E-state index in [0.29, 0.717) is 33.8 Å². The van der Waals surface area contributed by atoms with Crippen LogP contribution in [0.1, 0.15) is 5.56 Å². The number of aryl methyl sites for hydroxylation is 1. The Morgan fingerprint density at radius 3 is 2.25 bits per heavy atom. The highest BCUT2D eigenvalue weighted by molar-refractivity contribution is 7.91. The van der Waals surface area contributed by atoms with E-state index in [-0.39, 0.29) is 22.4 Å². The molecule has 4 aromatic rings. The number of hydrogen-bond donors (Lipinski definition) is 0. The summed E-state index contributed by atoms with van der Waals surface area (Å²) >= 11 is 0. The van der Waals surface area contributed by atoms with E-state index in [0.717, 1.165) is 5.56 Å². The van der Waals surface area contributed by atoms with Gasteiger partial charge in [0.15, 0.2) is 11.5 Å². The maximum atomic E-state index is 13.8. The summed E-state index contributed by atoms with van der Waals surface area (Å²) < 4.78 is 51.8. The van der Waals surface area contributed by atoms with Crippen molar-refractivity contribution in [1.29, 1.82) is 0 Å². The van der Waals surface area contributed by atoms with E-state index in [9.17, 15) is 12.8 Å². The van der Waals surface area contributed by atoms with Crippen LogP contribution in [0.4, 0.5) is 4.39 Å². The second-order valence-electron chi connectivity index (χ2n) is 7.61. The van der Waals surface area contributed by atoms with Crippen LogP contribution in [0.2, 0.25) is 0 Å². The standard InChI is InChI=1S/C26H19FO4S/c1-17-5-9-22(10-6-17)32(28,29)26-12-8-19(18-3-2-4-21(27)13-18)14-23(26)20-7-11-24-25(15-20)31-16-30-24/h2-15H,16H2,1H3. The Kier molecular flexibility index (Phi) is 4.94. The molecular weight excluding hydrogens is 427 g/mol. The van der Waals surface area contributed by atoms with Crippen LogP contribution in [0, 0.1) is 12.7 Å². The molecule has 0 unspecified atom stereocenters. The van der Waals surface area contributed by atoms with Crippen molar-refractivity contribution in [3.05, 3.63) is 96.3 Å². The molecule has 1 heterocycles. The highest BCUT2D eigenvalue weighted by atomic mass is 32.2. The van der Waals surface area contributed by atoms with Gasteiger partial charge in [0.1, 0.15) is 5.82 Å². The first kappa shape index (κ1) is 20.3. The van der Waals surface area contributed by atoms with Gasteiger partial charge in [-0.3, -0.25) is 0 Å². The molecule has 32 heavy (non-hydrogen) atoms. The molecule has 0 N–H and O–H groups in total.